The molecule has 124 valence electrons. The molecule has 1 aromatic carbocycles. The van der Waals surface area contributed by atoms with Gasteiger partial charge in [0.2, 0.25) is 0 Å². The largest absolute Gasteiger partial charge is 0.362 e. The first-order valence-electron chi connectivity index (χ1n) is 7.41. The van der Waals surface area contributed by atoms with E-state index < -0.39 is 5.91 Å². The van der Waals surface area contributed by atoms with E-state index in [-0.39, 0.29) is 0 Å². The number of nitrogens with zero attached hydrogens (tertiary/aromatic N) is 5. The van der Waals surface area contributed by atoms with Crippen LogP contribution in [-0.2, 0) is 6.42 Å². The van der Waals surface area contributed by atoms with Crippen LogP contribution in [0.15, 0.2) is 30.6 Å². The van der Waals surface area contributed by atoms with Crippen LogP contribution in [0.4, 0.5) is 5.82 Å². The number of rotatable bonds is 4. The summed E-state index contributed by atoms with van der Waals surface area (Å²) in [5, 5.41) is 12.9. The monoisotopic (exact) mass is 326 g/mol. The Kier molecular flexibility index (Phi) is 4.13. The Morgan fingerprint density at radius 2 is 2.00 bits per heavy atom. The van der Waals surface area contributed by atoms with Gasteiger partial charge in [0.05, 0.1) is 0 Å². The molecule has 8 nitrogen and oxygen atoms in total. The van der Waals surface area contributed by atoms with Crippen molar-refractivity contribution >= 4 is 17.5 Å². The summed E-state index contributed by atoms with van der Waals surface area (Å²) in [6.45, 7) is 1.95. The van der Waals surface area contributed by atoms with E-state index in [0.717, 1.165) is 22.6 Å². The van der Waals surface area contributed by atoms with Gasteiger partial charge in [0.15, 0.2) is 0 Å². The van der Waals surface area contributed by atoms with Crippen LogP contribution in [0.25, 0.3) is 5.78 Å². The van der Waals surface area contributed by atoms with Crippen LogP contribution in [0.1, 0.15) is 27.2 Å². The van der Waals surface area contributed by atoms with Crippen LogP contribution in [0, 0.1) is 6.92 Å². The van der Waals surface area contributed by atoms with E-state index in [9.17, 15) is 4.79 Å². The van der Waals surface area contributed by atoms with Gasteiger partial charge in [0, 0.05) is 37.3 Å². The van der Waals surface area contributed by atoms with Crippen molar-refractivity contribution in [2.75, 3.05) is 19.0 Å². The number of amides is 1. The average Bonchev–Trinajstić information content (AvgIpc) is 3.02. The topological polar surface area (TPSA) is 95.7 Å². The van der Waals surface area contributed by atoms with E-state index in [0.29, 0.717) is 17.8 Å². The molecule has 1 amide bonds. The first kappa shape index (κ1) is 15.9. The van der Waals surface area contributed by atoms with E-state index in [1.54, 1.807) is 22.1 Å². The number of anilines is 1. The zero-order chi connectivity index (χ0) is 17.3. The van der Waals surface area contributed by atoms with Crippen molar-refractivity contribution in [1.29, 1.82) is 0 Å². The fourth-order valence-corrected chi connectivity index (χ4v) is 2.68. The van der Waals surface area contributed by atoms with Crippen molar-refractivity contribution in [1.82, 2.24) is 25.1 Å². The average molecular weight is 326 g/mol. The summed E-state index contributed by atoms with van der Waals surface area (Å²) in [4.78, 5) is 22.0. The molecule has 2 aromatic heterocycles. The second kappa shape index (κ2) is 6.25. The first-order valence-corrected chi connectivity index (χ1v) is 7.41. The van der Waals surface area contributed by atoms with E-state index in [1.165, 1.54) is 6.33 Å². The van der Waals surface area contributed by atoms with Gasteiger partial charge in [-0.05, 0) is 24.6 Å². The molecule has 0 saturated heterocycles. The SMILES string of the molecule is Cc1nc2ncnn2c(N(C)C)c1Cc1ccc(C(=O)NO)cc1. The summed E-state index contributed by atoms with van der Waals surface area (Å²) >= 11 is 0. The van der Waals surface area contributed by atoms with Crippen LogP contribution in [-0.4, -0.2) is 44.8 Å². The number of carbonyl (C=O) groups is 1. The lowest BCUT2D eigenvalue weighted by Gasteiger charge is -2.19. The molecule has 3 aromatic rings. The van der Waals surface area contributed by atoms with Crippen molar-refractivity contribution in [3.05, 3.63) is 53.0 Å². The maximum atomic E-state index is 11.4. The molecule has 0 spiro atoms. The fraction of sp³-hybridized carbons (Fsp3) is 0.250. The lowest BCUT2D eigenvalue weighted by molar-refractivity contribution is 0.0706. The zero-order valence-electron chi connectivity index (χ0n) is 13.7. The predicted molar refractivity (Wildman–Crippen MR) is 88.3 cm³/mol. The fourth-order valence-electron chi connectivity index (χ4n) is 2.68. The number of hydroxylamine groups is 1. The molecule has 0 radical (unpaired) electrons. The van der Waals surface area contributed by atoms with Crippen LogP contribution in [0.5, 0.6) is 0 Å². The van der Waals surface area contributed by atoms with Crippen LogP contribution in [0.3, 0.4) is 0 Å². The number of aryl methyl sites for hydroxylation is 1. The first-order chi connectivity index (χ1) is 11.5. The van der Waals surface area contributed by atoms with Gasteiger partial charge >= 0.3 is 0 Å². The van der Waals surface area contributed by atoms with Gasteiger partial charge in [-0.25, -0.2) is 10.5 Å². The van der Waals surface area contributed by atoms with Crippen molar-refractivity contribution in [2.24, 2.45) is 0 Å². The molecule has 0 aliphatic carbocycles. The molecule has 24 heavy (non-hydrogen) atoms. The molecule has 0 atom stereocenters. The number of carbonyl (C=O) groups excluding carboxylic acids is 1. The third-order valence-electron chi connectivity index (χ3n) is 3.83. The summed E-state index contributed by atoms with van der Waals surface area (Å²) < 4.78 is 1.72. The van der Waals surface area contributed by atoms with Gasteiger partial charge in [0.25, 0.3) is 11.7 Å². The van der Waals surface area contributed by atoms with Gasteiger partial charge in [-0.2, -0.15) is 14.6 Å². The number of aromatic nitrogens is 4. The summed E-state index contributed by atoms with van der Waals surface area (Å²) in [5.74, 6) is 0.958. The second-order valence-electron chi connectivity index (χ2n) is 5.68. The van der Waals surface area contributed by atoms with Crippen LogP contribution in [0.2, 0.25) is 0 Å². The molecule has 0 aliphatic heterocycles. The highest BCUT2D eigenvalue weighted by Gasteiger charge is 2.16. The Labute approximate surface area is 138 Å². The van der Waals surface area contributed by atoms with E-state index in [2.05, 4.69) is 15.1 Å². The van der Waals surface area contributed by atoms with Gasteiger partial charge in [-0.1, -0.05) is 12.1 Å². The molecule has 0 unspecified atom stereocenters. The molecule has 2 heterocycles. The quantitative estimate of drug-likeness (QED) is 0.553. The molecule has 3 rings (SSSR count). The highest BCUT2D eigenvalue weighted by atomic mass is 16.5. The van der Waals surface area contributed by atoms with Crippen LogP contribution < -0.4 is 10.4 Å². The minimum Gasteiger partial charge on any atom is -0.362 e. The third-order valence-corrected chi connectivity index (χ3v) is 3.83. The highest BCUT2D eigenvalue weighted by molar-refractivity contribution is 5.93. The minimum absolute atomic E-state index is 0.399. The molecule has 0 fully saturated rings. The number of hydrogen-bond acceptors (Lipinski definition) is 6. The maximum absolute atomic E-state index is 11.4. The van der Waals surface area contributed by atoms with Gasteiger partial charge in [0.1, 0.15) is 12.1 Å². The van der Waals surface area contributed by atoms with E-state index in [4.69, 9.17) is 5.21 Å². The Morgan fingerprint density at radius 3 is 2.62 bits per heavy atom. The van der Waals surface area contributed by atoms with E-state index >= 15 is 0 Å². The molecule has 0 bridgehead atoms. The smallest absolute Gasteiger partial charge is 0.274 e. The van der Waals surface area contributed by atoms with Gasteiger partial charge in [-0.15, -0.1) is 0 Å². The third kappa shape index (κ3) is 2.79. The summed E-state index contributed by atoms with van der Waals surface area (Å²) in [7, 11) is 3.90. The predicted octanol–water partition coefficient (Wildman–Crippen LogP) is 1.21. The van der Waals surface area contributed by atoms with Crippen molar-refractivity contribution in [2.45, 2.75) is 13.3 Å². The summed E-state index contributed by atoms with van der Waals surface area (Å²) in [6.07, 6.45) is 2.13. The Bertz CT molecular complexity index is 885. The molecular weight excluding hydrogens is 308 g/mol. The highest BCUT2D eigenvalue weighted by Crippen LogP contribution is 2.24. The number of nitrogens with one attached hydrogen (secondary N) is 1. The van der Waals surface area contributed by atoms with Gasteiger partial charge < -0.3 is 4.90 Å². The second-order valence-corrected chi connectivity index (χ2v) is 5.68. The molecule has 2 N–H and O–H groups in total. The minimum atomic E-state index is -0.530. The van der Waals surface area contributed by atoms with Gasteiger partial charge in [-0.3, -0.25) is 10.0 Å². The van der Waals surface area contributed by atoms with Crippen molar-refractivity contribution in [3.63, 3.8) is 0 Å². The lowest BCUT2D eigenvalue weighted by atomic mass is 10.0. The maximum Gasteiger partial charge on any atom is 0.274 e. The lowest BCUT2D eigenvalue weighted by Crippen LogP contribution is -2.19. The normalized spacial score (nSPS) is 10.8. The Hall–Kier alpha value is -3.00. The molecule has 0 saturated carbocycles. The van der Waals surface area contributed by atoms with Crippen molar-refractivity contribution in [3.8, 4) is 0 Å². The number of benzene rings is 1. The number of hydrogen-bond donors (Lipinski definition) is 2. The summed E-state index contributed by atoms with van der Waals surface area (Å²) in [6, 6.07) is 7.06. The zero-order valence-corrected chi connectivity index (χ0v) is 13.7. The molecule has 0 aliphatic rings. The standard InChI is InChI=1S/C16H18N6O2/c1-10-13(8-11-4-6-12(7-5-11)14(23)20-24)15(21(2)3)22-16(19-10)17-9-18-22/h4-7,9,24H,8H2,1-3H3,(H,20,23). The Balaban J connectivity index is 2.02. The number of fused-ring (bicyclic) bond motifs is 1. The van der Waals surface area contributed by atoms with Crippen molar-refractivity contribution < 1.29 is 10.0 Å². The molecular formula is C16H18N6O2. The summed E-state index contributed by atoms with van der Waals surface area (Å²) in [5.41, 5.74) is 4.98. The van der Waals surface area contributed by atoms with E-state index in [1.807, 2.05) is 38.1 Å². The van der Waals surface area contributed by atoms with Crippen LogP contribution >= 0.6 is 0 Å². The Morgan fingerprint density at radius 1 is 1.29 bits per heavy atom. The molecule has 8 heteroatoms.